The molecule has 0 atom stereocenters. The van der Waals surface area contributed by atoms with E-state index < -0.39 is 5.41 Å². The summed E-state index contributed by atoms with van der Waals surface area (Å²) in [7, 11) is 0. The minimum absolute atomic E-state index is 0.130. The molecule has 0 unspecified atom stereocenters. The van der Waals surface area contributed by atoms with Crippen molar-refractivity contribution in [1.82, 2.24) is 0 Å². The van der Waals surface area contributed by atoms with Gasteiger partial charge < -0.3 is 4.74 Å². The Bertz CT molecular complexity index is 507. The zero-order valence-corrected chi connectivity index (χ0v) is 8.82. The Labute approximate surface area is 93.6 Å². The Kier molecular flexibility index (Phi) is 1.81. The van der Waals surface area contributed by atoms with Crippen LogP contribution in [-0.4, -0.2) is 5.97 Å². The highest BCUT2D eigenvalue weighted by atomic mass is 16.5. The number of rotatable bonds is 0. The second-order valence-electron chi connectivity index (χ2n) is 4.50. The van der Waals surface area contributed by atoms with Gasteiger partial charge in [0.05, 0.1) is 17.0 Å². The van der Waals surface area contributed by atoms with Crippen molar-refractivity contribution in [3.8, 4) is 11.8 Å². The molecule has 1 aromatic rings. The Morgan fingerprint density at radius 2 is 2.06 bits per heavy atom. The Morgan fingerprint density at radius 1 is 1.31 bits per heavy atom. The molecule has 2 aliphatic rings. The first kappa shape index (κ1) is 9.41. The van der Waals surface area contributed by atoms with Crippen LogP contribution in [0.1, 0.15) is 36.8 Å². The molecule has 0 amide bonds. The van der Waals surface area contributed by atoms with E-state index in [-0.39, 0.29) is 5.97 Å². The van der Waals surface area contributed by atoms with E-state index in [1.54, 1.807) is 12.1 Å². The number of benzene rings is 1. The quantitative estimate of drug-likeness (QED) is 0.490. The van der Waals surface area contributed by atoms with E-state index >= 15 is 0 Å². The van der Waals surface area contributed by atoms with Gasteiger partial charge in [-0.05, 0) is 31.0 Å². The molecule has 1 saturated carbocycles. The third kappa shape index (κ3) is 1.04. The third-order valence-electron chi connectivity index (χ3n) is 3.67. The molecule has 3 heteroatoms. The average Bonchev–Trinajstić information content (AvgIpc) is 2.88. The van der Waals surface area contributed by atoms with Crippen LogP contribution in [0.25, 0.3) is 0 Å². The molecule has 0 bridgehead atoms. The Morgan fingerprint density at radius 3 is 2.75 bits per heavy atom. The minimum Gasteiger partial charge on any atom is -0.426 e. The van der Waals surface area contributed by atoms with Gasteiger partial charge in [0, 0.05) is 5.56 Å². The van der Waals surface area contributed by atoms with Crippen molar-refractivity contribution in [3.63, 3.8) is 0 Å². The summed E-state index contributed by atoms with van der Waals surface area (Å²) in [5.41, 5.74) is 1.08. The van der Waals surface area contributed by atoms with E-state index in [1.165, 1.54) is 0 Å². The van der Waals surface area contributed by atoms with Gasteiger partial charge in [0.15, 0.2) is 0 Å². The van der Waals surface area contributed by atoms with Crippen LogP contribution in [0.5, 0.6) is 5.75 Å². The molecular formula is C13H11NO2. The van der Waals surface area contributed by atoms with E-state index in [2.05, 4.69) is 6.07 Å². The standard InChI is InChI=1S/C13H11NO2/c14-8-9-3-4-11-10(7-9)13(12(15)16-11)5-1-2-6-13/h3-4,7H,1-2,5-6H2. The molecule has 0 aromatic heterocycles. The highest BCUT2D eigenvalue weighted by molar-refractivity contribution is 5.91. The van der Waals surface area contributed by atoms with E-state index in [0.29, 0.717) is 11.3 Å². The van der Waals surface area contributed by atoms with Gasteiger partial charge in [-0.15, -0.1) is 0 Å². The first-order valence-corrected chi connectivity index (χ1v) is 5.53. The molecule has 1 aliphatic carbocycles. The zero-order valence-electron chi connectivity index (χ0n) is 8.82. The lowest BCUT2D eigenvalue weighted by Gasteiger charge is -2.18. The molecule has 1 spiro atoms. The number of carbonyl (C=O) groups excluding carboxylic acids is 1. The van der Waals surface area contributed by atoms with Gasteiger partial charge in [-0.3, -0.25) is 4.79 Å². The summed E-state index contributed by atoms with van der Waals surface area (Å²) in [6.07, 6.45) is 3.83. The lowest BCUT2D eigenvalue weighted by molar-refractivity contribution is -0.138. The molecule has 1 fully saturated rings. The maximum Gasteiger partial charge on any atom is 0.322 e. The molecule has 80 valence electrons. The van der Waals surface area contributed by atoms with E-state index in [9.17, 15) is 4.79 Å². The summed E-state index contributed by atoms with van der Waals surface area (Å²) in [4.78, 5) is 11.9. The van der Waals surface area contributed by atoms with Crippen molar-refractivity contribution >= 4 is 5.97 Å². The first-order chi connectivity index (χ1) is 7.76. The van der Waals surface area contributed by atoms with E-state index in [1.807, 2.05) is 6.07 Å². The van der Waals surface area contributed by atoms with Gasteiger partial charge in [0.1, 0.15) is 5.75 Å². The van der Waals surface area contributed by atoms with Gasteiger partial charge in [-0.25, -0.2) is 0 Å². The monoisotopic (exact) mass is 213 g/mol. The lowest BCUT2D eigenvalue weighted by Crippen LogP contribution is -2.30. The molecule has 3 nitrogen and oxygen atoms in total. The van der Waals surface area contributed by atoms with Crippen molar-refractivity contribution in [2.24, 2.45) is 0 Å². The summed E-state index contributed by atoms with van der Waals surface area (Å²) in [5.74, 6) is 0.515. The third-order valence-corrected chi connectivity index (χ3v) is 3.67. The molecule has 0 saturated heterocycles. The van der Waals surface area contributed by atoms with Crippen LogP contribution in [-0.2, 0) is 10.2 Å². The van der Waals surface area contributed by atoms with Crippen molar-refractivity contribution in [2.75, 3.05) is 0 Å². The highest BCUT2D eigenvalue weighted by Crippen LogP contribution is 2.50. The summed E-state index contributed by atoms with van der Waals surface area (Å²) in [6.45, 7) is 0. The fourth-order valence-corrected chi connectivity index (χ4v) is 2.82. The molecule has 0 N–H and O–H groups in total. The van der Waals surface area contributed by atoms with Crippen LogP contribution in [0.4, 0.5) is 0 Å². The molecule has 16 heavy (non-hydrogen) atoms. The summed E-state index contributed by atoms with van der Waals surface area (Å²) in [5, 5.41) is 8.89. The molecule has 3 rings (SSSR count). The average molecular weight is 213 g/mol. The largest absolute Gasteiger partial charge is 0.426 e. The topological polar surface area (TPSA) is 50.1 Å². The normalized spacial score (nSPS) is 20.6. The Hall–Kier alpha value is -1.82. The number of nitriles is 1. The van der Waals surface area contributed by atoms with Gasteiger partial charge in [0.2, 0.25) is 0 Å². The number of hydrogen-bond donors (Lipinski definition) is 0. The van der Waals surface area contributed by atoms with Gasteiger partial charge in [-0.1, -0.05) is 12.8 Å². The Balaban J connectivity index is 2.19. The predicted molar refractivity (Wildman–Crippen MR) is 56.9 cm³/mol. The summed E-state index contributed by atoms with van der Waals surface area (Å²) >= 11 is 0. The molecule has 1 aromatic carbocycles. The zero-order chi connectivity index (χ0) is 11.2. The second kappa shape index (κ2) is 3.08. The van der Waals surface area contributed by atoms with Crippen LogP contribution in [0.3, 0.4) is 0 Å². The van der Waals surface area contributed by atoms with Crippen LogP contribution in [0.2, 0.25) is 0 Å². The fraction of sp³-hybridized carbons (Fsp3) is 0.385. The SMILES string of the molecule is N#Cc1ccc2c(c1)C1(CCCC1)C(=O)O2. The van der Waals surface area contributed by atoms with Gasteiger partial charge >= 0.3 is 5.97 Å². The van der Waals surface area contributed by atoms with Gasteiger partial charge in [-0.2, -0.15) is 5.26 Å². The van der Waals surface area contributed by atoms with Crippen molar-refractivity contribution < 1.29 is 9.53 Å². The molecule has 1 heterocycles. The maximum atomic E-state index is 11.9. The van der Waals surface area contributed by atoms with Crippen LogP contribution >= 0.6 is 0 Å². The number of nitrogens with zero attached hydrogens (tertiary/aromatic N) is 1. The van der Waals surface area contributed by atoms with Crippen LogP contribution in [0.15, 0.2) is 18.2 Å². The molecule has 0 radical (unpaired) electrons. The summed E-state index contributed by atoms with van der Waals surface area (Å²) < 4.78 is 5.30. The summed E-state index contributed by atoms with van der Waals surface area (Å²) in [6, 6.07) is 7.35. The second-order valence-corrected chi connectivity index (χ2v) is 4.50. The van der Waals surface area contributed by atoms with Crippen molar-refractivity contribution in [1.29, 1.82) is 5.26 Å². The number of esters is 1. The van der Waals surface area contributed by atoms with Crippen LogP contribution < -0.4 is 4.74 Å². The van der Waals surface area contributed by atoms with E-state index in [0.717, 1.165) is 31.2 Å². The highest BCUT2D eigenvalue weighted by Gasteiger charge is 2.50. The number of hydrogen-bond acceptors (Lipinski definition) is 3. The molecule has 1 aliphatic heterocycles. The predicted octanol–water partition coefficient (Wildman–Crippen LogP) is 2.29. The van der Waals surface area contributed by atoms with Gasteiger partial charge in [0.25, 0.3) is 0 Å². The number of ether oxygens (including phenoxy) is 1. The first-order valence-electron chi connectivity index (χ1n) is 5.53. The van der Waals surface area contributed by atoms with Crippen molar-refractivity contribution in [2.45, 2.75) is 31.1 Å². The fourth-order valence-electron chi connectivity index (χ4n) is 2.82. The van der Waals surface area contributed by atoms with Crippen molar-refractivity contribution in [3.05, 3.63) is 29.3 Å². The lowest BCUT2D eigenvalue weighted by atomic mass is 9.80. The van der Waals surface area contributed by atoms with E-state index in [4.69, 9.17) is 10.00 Å². The number of carbonyl (C=O) groups is 1. The maximum absolute atomic E-state index is 11.9. The smallest absolute Gasteiger partial charge is 0.322 e. The minimum atomic E-state index is -0.442. The number of fused-ring (bicyclic) bond motifs is 2. The van der Waals surface area contributed by atoms with Crippen LogP contribution in [0, 0.1) is 11.3 Å². The molecular weight excluding hydrogens is 202 g/mol.